The second-order valence-electron chi connectivity index (χ2n) is 6.96. The summed E-state index contributed by atoms with van der Waals surface area (Å²) in [6.45, 7) is -0.622. The van der Waals surface area contributed by atoms with Gasteiger partial charge < -0.3 is 49.6 Å². The van der Waals surface area contributed by atoms with E-state index < -0.39 is 59.6 Å². The van der Waals surface area contributed by atoms with Crippen LogP contribution in [0.3, 0.4) is 0 Å². The maximum atomic E-state index is 13.1. The summed E-state index contributed by atoms with van der Waals surface area (Å²) in [6, 6.07) is 5.50. The molecule has 2 aromatic carbocycles. The normalized spacial score (nSPS) is 23.3. The summed E-state index contributed by atoms with van der Waals surface area (Å²) in [6.07, 6.45) is -5.86. The third-order valence-corrected chi connectivity index (χ3v) is 4.89. The first-order valence-corrected chi connectivity index (χ1v) is 9.05. The molecule has 1 saturated heterocycles. The van der Waals surface area contributed by atoms with Crippen LogP contribution >= 0.6 is 0 Å². The molecule has 7 N–H and O–H groups in total. The van der Waals surface area contributed by atoms with Crippen molar-refractivity contribution in [2.24, 2.45) is 0 Å². The van der Waals surface area contributed by atoms with Crippen molar-refractivity contribution >= 4 is 11.0 Å². The average Bonchev–Trinajstić information content (AvgIpc) is 2.99. The first-order valence-electron chi connectivity index (χ1n) is 9.05. The second kappa shape index (κ2) is 7.63. The highest BCUT2D eigenvalue weighted by molar-refractivity contribution is 5.88. The van der Waals surface area contributed by atoms with E-state index in [0.29, 0.717) is 0 Å². The van der Waals surface area contributed by atoms with E-state index in [9.17, 15) is 40.5 Å². The largest absolute Gasteiger partial charge is 0.508 e. The van der Waals surface area contributed by atoms with Crippen molar-refractivity contribution in [3.05, 3.63) is 40.6 Å². The minimum atomic E-state index is -1.62. The Morgan fingerprint density at radius 3 is 2.32 bits per heavy atom. The molecule has 1 aliphatic heterocycles. The predicted molar refractivity (Wildman–Crippen MR) is 103 cm³/mol. The van der Waals surface area contributed by atoms with Gasteiger partial charge in [0, 0.05) is 17.7 Å². The highest BCUT2D eigenvalue weighted by Crippen LogP contribution is 2.39. The maximum absolute atomic E-state index is 13.1. The van der Waals surface area contributed by atoms with Crippen LogP contribution in [-0.2, 0) is 4.74 Å². The Bertz CT molecular complexity index is 1200. The summed E-state index contributed by atoms with van der Waals surface area (Å²) in [5.41, 5.74) is -1.04. The molecular formula is C20H18O11. The van der Waals surface area contributed by atoms with Gasteiger partial charge in [-0.25, -0.2) is 0 Å². The summed E-state index contributed by atoms with van der Waals surface area (Å²) in [7, 11) is 0. The van der Waals surface area contributed by atoms with Crippen molar-refractivity contribution in [3.63, 3.8) is 0 Å². The lowest BCUT2D eigenvalue weighted by atomic mass is 10.1. The first-order chi connectivity index (χ1) is 14.7. The molecule has 0 saturated carbocycles. The maximum Gasteiger partial charge on any atom is 0.239 e. The Morgan fingerprint density at radius 2 is 1.68 bits per heavy atom. The van der Waals surface area contributed by atoms with Crippen molar-refractivity contribution in [1.29, 1.82) is 0 Å². The number of phenols is 4. The number of aliphatic hydroxyl groups excluding tert-OH is 3. The Labute approximate surface area is 173 Å². The van der Waals surface area contributed by atoms with Crippen LogP contribution in [0, 0.1) is 0 Å². The molecule has 164 valence electrons. The minimum Gasteiger partial charge on any atom is -0.508 e. The van der Waals surface area contributed by atoms with Crippen molar-refractivity contribution in [1.82, 2.24) is 0 Å². The first kappa shape index (κ1) is 20.8. The third-order valence-electron chi connectivity index (χ3n) is 4.89. The topological polar surface area (TPSA) is 190 Å². The van der Waals surface area contributed by atoms with Crippen LogP contribution in [0.4, 0.5) is 0 Å². The lowest BCUT2D eigenvalue weighted by Crippen LogP contribution is -2.36. The molecule has 0 radical (unpaired) electrons. The van der Waals surface area contributed by atoms with Gasteiger partial charge in [-0.05, 0) is 18.2 Å². The van der Waals surface area contributed by atoms with E-state index in [0.717, 1.165) is 24.3 Å². The molecular weight excluding hydrogens is 416 g/mol. The number of ether oxygens (including phenoxy) is 2. The van der Waals surface area contributed by atoms with E-state index in [-0.39, 0.29) is 28.0 Å². The van der Waals surface area contributed by atoms with Gasteiger partial charge in [0.1, 0.15) is 40.8 Å². The molecule has 11 nitrogen and oxygen atoms in total. The standard InChI is InChI=1S/C20H18O11/c21-6-13-15(26)17(28)20(30-13)31-19-16(27)14-11(25)4-8(22)5-12(14)29-18(19)7-1-2-9(23)10(24)3-7/h1-5,13,15,17,20-26,28H,6H2/t13-,15-,17-,20-/m0/s1. The average molecular weight is 434 g/mol. The van der Waals surface area contributed by atoms with Gasteiger partial charge in [0.05, 0.1) is 6.61 Å². The van der Waals surface area contributed by atoms with Crippen molar-refractivity contribution < 1.29 is 49.6 Å². The van der Waals surface area contributed by atoms with Gasteiger partial charge in [-0.3, -0.25) is 4.79 Å². The monoisotopic (exact) mass is 434 g/mol. The molecule has 31 heavy (non-hydrogen) atoms. The predicted octanol–water partition coefficient (Wildman–Crippen LogP) is 0.100. The van der Waals surface area contributed by atoms with Crippen LogP contribution in [0.15, 0.2) is 39.5 Å². The van der Waals surface area contributed by atoms with Crippen LogP contribution in [-0.4, -0.2) is 67.0 Å². The van der Waals surface area contributed by atoms with Crippen LogP contribution in [0.25, 0.3) is 22.3 Å². The Hall–Kier alpha value is -3.51. The number of rotatable bonds is 4. The van der Waals surface area contributed by atoms with E-state index in [4.69, 9.17) is 13.9 Å². The van der Waals surface area contributed by atoms with E-state index in [1.165, 1.54) is 6.07 Å². The Balaban J connectivity index is 1.92. The number of aromatic hydroxyl groups is 4. The lowest BCUT2D eigenvalue weighted by molar-refractivity contribution is -0.117. The number of phenolic OH excluding ortho intramolecular Hbond substituents is 4. The number of benzene rings is 2. The molecule has 0 aliphatic carbocycles. The summed E-state index contributed by atoms with van der Waals surface area (Å²) >= 11 is 0. The molecule has 0 amide bonds. The van der Waals surface area contributed by atoms with Gasteiger partial charge in [-0.1, -0.05) is 0 Å². The quantitative estimate of drug-likeness (QED) is 0.276. The molecule has 0 unspecified atom stereocenters. The van der Waals surface area contributed by atoms with Crippen molar-refractivity contribution in [2.45, 2.75) is 24.6 Å². The zero-order valence-electron chi connectivity index (χ0n) is 15.7. The van der Waals surface area contributed by atoms with Crippen molar-refractivity contribution in [3.8, 4) is 40.1 Å². The summed E-state index contributed by atoms with van der Waals surface area (Å²) in [4.78, 5) is 13.1. The van der Waals surface area contributed by atoms with Gasteiger partial charge in [0.25, 0.3) is 0 Å². The Morgan fingerprint density at radius 1 is 0.935 bits per heavy atom. The molecule has 0 bridgehead atoms. The molecule has 1 aromatic heterocycles. The van der Waals surface area contributed by atoms with Crippen LogP contribution in [0.5, 0.6) is 28.7 Å². The molecule has 0 spiro atoms. The number of hydrogen-bond donors (Lipinski definition) is 7. The summed E-state index contributed by atoms with van der Waals surface area (Å²) in [5.74, 6) is -2.78. The summed E-state index contributed by atoms with van der Waals surface area (Å²) in [5, 5.41) is 68.3. The molecule has 3 aromatic rings. The molecule has 2 heterocycles. The number of hydrogen-bond acceptors (Lipinski definition) is 11. The fraction of sp³-hybridized carbons (Fsp3) is 0.250. The SMILES string of the molecule is O=c1c(O[C@@H]2O[C@@H](CO)[C@H](O)[C@@H]2O)c(-c2ccc(O)c(O)c2)oc2cc(O)cc(O)c12. The molecule has 4 atom stereocenters. The van der Waals surface area contributed by atoms with E-state index in [1.54, 1.807) is 0 Å². The molecule has 1 fully saturated rings. The fourth-order valence-electron chi connectivity index (χ4n) is 3.31. The molecule has 11 heteroatoms. The van der Waals surface area contributed by atoms with Gasteiger partial charge in [0.15, 0.2) is 17.3 Å². The molecule has 1 aliphatic rings. The highest BCUT2D eigenvalue weighted by Gasteiger charge is 2.44. The van der Waals surface area contributed by atoms with E-state index in [1.807, 2.05) is 0 Å². The van der Waals surface area contributed by atoms with Gasteiger partial charge >= 0.3 is 0 Å². The zero-order valence-corrected chi connectivity index (χ0v) is 15.7. The zero-order chi connectivity index (χ0) is 22.4. The number of aliphatic hydroxyl groups is 3. The second-order valence-corrected chi connectivity index (χ2v) is 6.96. The van der Waals surface area contributed by atoms with Gasteiger partial charge in [0.2, 0.25) is 17.5 Å². The fourth-order valence-corrected chi connectivity index (χ4v) is 3.31. The third kappa shape index (κ3) is 3.49. The Kier molecular flexibility index (Phi) is 5.11. The summed E-state index contributed by atoms with van der Waals surface area (Å²) < 4.78 is 16.4. The van der Waals surface area contributed by atoms with Crippen LogP contribution < -0.4 is 10.2 Å². The minimum absolute atomic E-state index is 0.0684. The molecule has 4 rings (SSSR count). The highest BCUT2D eigenvalue weighted by atomic mass is 16.7. The lowest BCUT2D eigenvalue weighted by Gasteiger charge is -2.19. The smallest absolute Gasteiger partial charge is 0.239 e. The van der Waals surface area contributed by atoms with E-state index in [2.05, 4.69) is 0 Å². The van der Waals surface area contributed by atoms with Gasteiger partial charge in [-0.2, -0.15) is 0 Å². The van der Waals surface area contributed by atoms with Crippen molar-refractivity contribution in [2.75, 3.05) is 6.61 Å². The van der Waals surface area contributed by atoms with Gasteiger partial charge in [-0.15, -0.1) is 0 Å². The van der Waals surface area contributed by atoms with E-state index >= 15 is 0 Å². The van der Waals surface area contributed by atoms with Crippen LogP contribution in [0.2, 0.25) is 0 Å². The number of fused-ring (bicyclic) bond motifs is 1. The van der Waals surface area contributed by atoms with Crippen LogP contribution in [0.1, 0.15) is 0 Å².